The maximum Gasteiger partial charge on any atom is 0.246 e. The van der Waals surface area contributed by atoms with E-state index in [0.29, 0.717) is 18.5 Å². The van der Waals surface area contributed by atoms with E-state index in [0.717, 1.165) is 32.1 Å². The van der Waals surface area contributed by atoms with Crippen LogP contribution in [0.3, 0.4) is 0 Å². The molecule has 2 aliphatic carbocycles. The molecule has 3 N–H and O–H groups in total. The number of rotatable bonds is 5. The summed E-state index contributed by atoms with van der Waals surface area (Å²) >= 11 is 0. The Morgan fingerprint density at radius 1 is 1.25 bits per heavy atom. The second-order valence-corrected chi connectivity index (χ2v) is 6.78. The van der Waals surface area contributed by atoms with E-state index in [-0.39, 0.29) is 18.1 Å². The molecule has 4 nitrogen and oxygen atoms in total. The molecular weight excluding hydrogens is 252 g/mol. The van der Waals surface area contributed by atoms with Gasteiger partial charge in [0.2, 0.25) is 5.91 Å². The number of amides is 1. The lowest BCUT2D eigenvalue weighted by atomic mass is 9.79. The van der Waals surface area contributed by atoms with E-state index in [1.165, 1.54) is 25.7 Å². The number of nitrogens with one attached hydrogen (secondary N) is 1. The molecule has 0 spiro atoms. The van der Waals surface area contributed by atoms with E-state index in [1.807, 2.05) is 0 Å². The van der Waals surface area contributed by atoms with Gasteiger partial charge in [-0.15, -0.1) is 0 Å². The molecule has 0 heterocycles. The number of ether oxygens (including phenoxy) is 1. The summed E-state index contributed by atoms with van der Waals surface area (Å²) in [5.74, 6) is 0.677. The highest BCUT2D eigenvalue weighted by Crippen LogP contribution is 2.34. The van der Waals surface area contributed by atoms with Gasteiger partial charge >= 0.3 is 0 Å². The van der Waals surface area contributed by atoms with Gasteiger partial charge in [-0.1, -0.05) is 39.0 Å². The number of carbonyl (C=O) groups is 1. The Morgan fingerprint density at radius 2 is 2.00 bits per heavy atom. The third-order valence-electron chi connectivity index (χ3n) is 4.90. The lowest BCUT2D eigenvalue weighted by Gasteiger charge is -2.39. The highest BCUT2D eigenvalue weighted by atomic mass is 16.5. The zero-order valence-electron chi connectivity index (χ0n) is 12.8. The molecule has 2 unspecified atom stereocenters. The summed E-state index contributed by atoms with van der Waals surface area (Å²) in [6.45, 7) is 2.93. The van der Waals surface area contributed by atoms with Gasteiger partial charge in [0.05, 0.1) is 5.60 Å². The van der Waals surface area contributed by atoms with Crippen LogP contribution >= 0.6 is 0 Å². The number of nitrogens with two attached hydrogens (primary N) is 1. The molecule has 0 radical (unpaired) electrons. The summed E-state index contributed by atoms with van der Waals surface area (Å²) in [6.07, 6.45) is 10.4. The second-order valence-electron chi connectivity index (χ2n) is 6.78. The molecule has 4 heteroatoms. The molecule has 2 rings (SSSR count). The van der Waals surface area contributed by atoms with Crippen LogP contribution in [0.2, 0.25) is 0 Å². The first-order valence-corrected chi connectivity index (χ1v) is 8.27. The summed E-state index contributed by atoms with van der Waals surface area (Å²) in [7, 11) is 0. The van der Waals surface area contributed by atoms with Crippen molar-refractivity contribution in [2.45, 2.75) is 76.4 Å². The SMILES string of the molecule is CC1CCCC(CN)(OCC(=O)NC2CCCCC2)C1. The van der Waals surface area contributed by atoms with Gasteiger partial charge in [0.1, 0.15) is 6.61 Å². The molecule has 116 valence electrons. The van der Waals surface area contributed by atoms with Crippen LogP contribution in [0.5, 0.6) is 0 Å². The molecular formula is C16H30N2O2. The van der Waals surface area contributed by atoms with Gasteiger partial charge in [-0.2, -0.15) is 0 Å². The largest absolute Gasteiger partial charge is 0.364 e. The second kappa shape index (κ2) is 7.41. The lowest BCUT2D eigenvalue weighted by Crippen LogP contribution is -2.47. The van der Waals surface area contributed by atoms with E-state index in [4.69, 9.17) is 10.5 Å². The normalized spacial score (nSPS) is 32.0. The standard InChI is InChI=1S/C16H30N2O2/c1-13-6-5-9-16(10-13,12-17)20-11-15(19)18-14-7-3-2-4-8-14/h13-14H,2-12,17H2,1H3,(H,18,19). The van der Waals surface area contributed by atoms with Crippen molar-refractivity contribution in [3.63, 3.8) is 0 Å². The summed E-state index contributed by atoms with van der Waals surface area (Å²) in [5.41, 5.74) is 5.65. The lowest BCUT2D eigenvalue weighted by molar-refractivity contribution is -0.137. The highest BCUT2D eigenvalue weighted by molar-refractivity contribution is 5.77. The van der Waals surface area contributed by atoms with E-state index >= 15 is 0 Å². The van der Waals surface area contributed by atoms with Crippen molar-refractivity contribution in [3.05, 3.63) is 0 Å². The van der Waals surface area contributed by atoms with E-state index in [1.54, 1.807) is 0 Å². The Kier molecular flexibility index (Phi) is 5.85. The van der Waals surface area contributed by atoms with E-state index in [9.17, 15) is 4.79 Å². The maximum absolute atomic E-state index is 12.0. The molecule has 1 amide bonds. The molecule has 0 bridgehead atoms. The van der Waals surface area contributed by atoms with Crippen LogP contribution in [0.15, 0.2) is 0 Å². The van der Waals surface area contributed by atoms with Crippen molar-refractivity contribution >= 4 is 5.91 Å². The molecule has 2 aliphatic rings. The Morgan fingerprint density at radius 3 is 2.65 bits per heavy atom. The van der Waals surface area contributed by atoms with Crippen LogP contribution in [-0.2, 0) is 9.53 Å². The van der Waals surface area contributed by atoms with Gasteiger partial charge < -0.3 is 15.8 Å². The van der Waals surface area contributed by atoms with Crippen LogP contribution in [0.25, 0.3) is 0 Å². The summed E-state index contributed by atoms with van der Waals surface area (Å²) in [6, 6.07) is 0.360. The van der Waals surface area contributed by atoms with Crippen LogP contribution in [0, 0.1) is 5.92 Å². The highest BCUT2D eigenvalue weighted by Gasteiger charge is 2.35. The first kappa shape index (κ1) is 15.8. The van der Waals surface area contributed by atoms with Crippen LogP contribution < -0.4 is 11.1 Å². The molecule has 0 aromatic heterocycles. The molecule has 2 saturated carbocycles. The predicted octanol–water partition coefficient (Wildman–Crippen LogP) is 2.36. The van der Waals surface area contributed by atoms with Crippen molar-refractivity contribution in [2.75, 3.05) is 13.2 Å². The van der Waals surface area contributed by atoms with Crippen molar-refractivity contribution in [1.82, 2.24) is 5.32 Å². The minimum atomic E-state index is -0.262. The Labute approximate surface area is 122 Å². The molecule has 0 aromatic carbocycles. The molecule has 2 atom stereocenters. The molecule has 20 heavy (non-hydrogen) atoms. The minimum absolute atomic E-state index is 0.0305. The van der Waals surface area contributed by atoms with E-state index in [2.05, 4.69) is 12.2 Å². The zero-order chi connectivity index (χ0) is 14.4. The topological polar surface area (TPSA) is 64.3 Å². The fourth-order valence-corrected chi connectivity index (χ4v) is 3.72. The van der Waals surface area contributed by atoms with E-state index < -0.39 is 0 Å². The van der Waals surface area contributed by atoms with Crippen molar-refractivity contribution in [3.8, 4) is 0 Å². The van der Waals surface area contributed by atoms with Crippen LogP contribution in [0.4, 0.5) is 0 Å². The first-order chi connectivity index (χ1) is 9.63. The number of carbonyl (C=O) groups excluding carboxylic acids is 1. The van der Waals surface area contributed by atoms with Crippen LogP contribution in [0.1, 0.15) is 64.7 Å². The van der Waals surface area contributed by atoms with Crippen molar-refractivity contribution in [2.24, 2.45) is 11.7 Å². The fourth-order valence-electron chi connectivity index (χ4n) is 3.72. The Balaban J connectivity index is 1.75. The van der Waals surface area contributed by atoms with Gasteiger partial charge in [0.15, 0.2) is 0 Å². The van der Waals surface area contributed by atoms with Crippen molar-refractivity contribution in [1.29, 1.82) is 0 Å². The third-order valence-corrected chi connectivity index (χ3v) is 4.90. The monoisotopic (exact) mass is 282 g/mol. The van der Waals surface area contributed by atoms with Crippen LogP contribution in [-0.4, -0.2) is 30.7 Å². The van der Waals surface area contributed by atoms with Gasteiger partial charge in [-0.25, -0.2) is 0 Å². The quantitative estimate of drug-likeness (QED) is 0.813. The minimum Gasteiger partial charge on any atom is -0.364 e. The summed E-state index contributed by atoms with van der Waals surface area (Å²) in [5, 5.41) is 3.11. The Hall–Kier alpha value is -0.610. The molecule has 0 aliphatic heterocycles. The smallest absolute Gasteiger partial charge is 0.246 e. The molecule has 2 fully saturated rings. The van der Waals surface area contributed by atoms with Crippen molar-refractivity contribution < 1.29 is 9.53 Å². The summed E-state index contributed by atoms with van der Waals surface area (Å²) < 4.78 is 5.96. The number of hydrogen-bond acceptors (Lipinski definition) is 3. The zero-order valence-corrected chi connectivity index (χ0v) is 12.8. The van der Waals surface area contributed by atoms with Gasteiger partial charge in [-0.3, -0.25) is 4.79 Å². The summed E-state index contributed by atoms with van der Waals surface area (Å²) in [4.78, 5) is 12.0. The first-order valence-electron chi connectivity index (χ1n) is 8.27. The third kappa shape index (κ3) is 4.45. The van der Waals surface area contributed by atoms with Gasteiger partial charge in [0, 0.05) is 12.6 Å². The van der Waals surface area contributed by atoms with Gasteiger partial charge in [-0.05, 0) is 31.6 Å². The average Bonchev–Trinajstić information content (AvgIpc) is 2.46. The average molecular weight is 282 g/mol. The fraction of sp³-hybridized carbons (Fsp3) is 0.938. The Bertz CT molecular complexity index is 316. The predicted molar refractivity (Wildman–Crippen MR) is 80.4 cm³/mol. The maximum atomic E-state index is 12.0. The molecule has 0 saturated heterocycles. The van der Waals surface area contributed by atoms with Gasteiger partial charge in [0.25, 0.3) is 0 Å². The molecule has 0 aromatic rings. The number of hydrogen-bond donors (Lipinski definition) is 2.